The topological polar surface area (TPSA) is 93.1 Å². The molecular formula is C18H22BN3O4. The van der Waals surface area contributed by atoms with Crippen LogP contribution in [-0.4, -0.2) is 33.4 Å². The minimum absolute atomic E-state index is 0.270. The lowest BCUT2D eigenvalue weighted by Gasteiger charge is -2.32. The van der Waals surface area contributed by atoms with E-state index in [-0.39, 0.29) is 5.69 Å². The monoisotopic (exact) mass is 355 g/mol. The van der Waals surface area contributed by atoms with Gasteiger partial charge >= 0.3 is 12.8 Å². The smallest absolute Gasteiger partial charge is 0.399 e. The molecule has 0 radical (unpaired) electrons. The highest BCUT2D eigenvalue weighted by Crippen LogP contribution is 2.37. The summed E-state index contributed by atoms with van der Waals surface area (Å²) in [6, 6.07) is 3.88. The van der Waals surface area contributed by atoms with E-state index in [4.69, 9.17) is 13.8 Å². The number of rotatable bonds is 2. The molecular weight excluding hydrogens is 333 g/mol. The fourth-order valence-corrected chi connectivity index (χ4v) is 3.37. The van der Waals surface area contributed by atoms with E-state index in [1.54, 1.807) is 0 Å². The van der Waals surface area contributed by atoms with Crippen molar-refractivity contribution >= 4 is 23.6 Å². The molecule has 1 fully saturated rings. The van der Waals surface area contributed by atoms with E-state index in [0.717, 1.165) is 28.0 Å². The van der Waals surface area contributed by atoms with E-state index in [1.807, 2.05) is 53.7 Å². The van der Waals surface area contributed by atoms with Crippen LogP contribution in [0.1, 0.15) is 39.1 Å². The third-order valence-corrected chi connectivity index (χ3v) is 5.48. The number of hydrogen-bond donors (Lipinski definition) is 2. The van der Waals surface area contributed by atoms with Gasteiger partial charge in [0.15, 0.2) is 0 Å². The Morgan fingerprint density at radius 3 is 2.27 bits per heavy atom. The van der Waals surface area contributed by atoms with Gasteiger partial charge in [-0.2, -0.15) is 0 Å². The van der Waals surface area contributed by atoms with Gasteiger partial charge < -0.3 is 23.8 Å². The Bertz CT molecular complexity index is 1020. The van der Waals surface area contributed by atoms with Gasteiger partial charge in [-0.1, -0.05) is 11.2 Å². The van der Waals surface area contributed by atoms with Crippen LogP contribution in [0.25, 0.3) is 22.2 Å². The summed E-state index contributed by atoms with van der Waals surface area (Å²) >= 11 is 0. The zero-order valence-corrected chi connectivity index (χ0v) is 15.8. The average molecular weight is 355 g/mol. The predicted octanol–water partition coefficient (Wildman–Crippen LogP) is 2.43. The van der Waals surface area contributed by atoms with Crippen molar-refractivity contribution in [3.05, 3.63) is 34.1 Å². The summed E-state index contributed by atoms with van der Waals surface area (Å²) in [4.78, 5) is 17.6. The Hall–Kier alpha value is -2.32. The Balaban J connectivity index is 1.93. The number of aromatic nitrogens is 3. The van der Waals surface area contributed by atoms with Crippen LogP contribution in [0.3, 0.4) is 0 Å². The minimum Gasteiger partial charge on any atom is -0.399 e. The highest BCUT2D eigenvalue weighted by Gasteiger charge is 2.52. The molecule has 0 amide bonds. The number of fused-ring (bicyclic) bond motifs is 1. The number of aromatic amines is 2. The molecule has 0 saturated carbocycles. The average Bonchev–Trinajstić information content (AvgIpc) is 3.12. The quantitative estimate of drug-likeness (QED) is 0.689. The summed E-state index contributed by atoms with van der Waals surface area (Å²) in [7, 11) is -0.589. The first-order valence-electron chi connectivity index (χ1n) is 8.64. The van der Waals surface area contributed by atoms with E-state index < -0.39 is 18.3 Å². The van der Waals surface area contributed by atoms with Gasteiger partial charge in [0.25, 0.3) is 0 Å². The lowest BCUT2D eigenvalue weighted by Crippen LogP contribution is -2.41. The van der Waals surface area contributed by atoms with Gasteiger partial charge in [-0.25, -0.2) is 4.79 Å². The van der Waals surface area contributed by atoms with Crippen LogP contribution in [0, 0.1) is 13.8 Å². The molecule has 0 atom stereocenters. The Labute approximate surface area is 151 Å². The molecule has 136 valence electrons. The molecule has 26 heavy (non-hydrogen) atoms. The molecule has 2 N–H and O–H groups in total. The molecule has 0 unspecified atom stereocenters. The van der Waals surface area contributed by atoms with Crippen molar-refractivity contribution in [3.63, 3.8) is 0 Å². The van der Waals surface area contributed by atoms with Gasteiger partial charge in [0.05, 0.1) is 27.9 Å². The van der Waals surface area contributed by atoms with Gasteiger partial charge in [-0.15, -0.1) is 0 Å². The van der Waals surface area contributed by atoms with E-state index in [1.165, 1.54) is 0 Å². The first-order valence-corrected chi connectivity index (χ1v) is 8.64. The number of hydrogen-bond acceptors (Lipinski definition) is 5. The van der Waals surface area contributed by atoms with Crippen LogP contribution in [0.2, 0.25) is 0 Å². The van der Waals surface area contributed by atoms with E-state index in [9.17, 15) is 4.79 Å². The van der Waals surface area contributed by atoms with Crippen LogP contribution in [0.5, 0.6) is 0 Å². The molecule has 2 aromatic heterocycles. The first-order chi connectivity index (χ1) is 12.1. The van der Waals surface area contributed by atoms with Crippen molar-refractivity contribution in [2.75, 3.05) is 0 Å². The van der Waals surface area contributed by atoms with Crippen LogP contribution < -0.4 is 11.2 Å². The molecule has 1 saturated heterocycles. The van der Waals surface area contributed by atoms with Gasteiger partial charge in [0.2, 0.25) is 0 Å². The summed E-state index contributed by atoms with van der Waals surface area (Å²) in [5.74, 6) is 0.722. The zero-order chi connectivity index (χ0) is 18.9. The van der Waals surface area contributed by atoms with Crippen LogP contribution in [-0.2, 0) is 9.31 Å². The van der Waals surface area contributed by atoms with Crippen molar-refractivity contribution in [2.24, 2.45) is 0 Å². The molecule has 0 bridgehead atoms. The highest BCUT2D eigenvalue weighted by molar-refractivity contribution is 6.65. The Morgan fingerprint density at radius 1 is 1.04 bits per heavy atom. The summed E-state index contributed by atoms with van der Waals surface area (Å²) in [6.45, 7) is 11.8. The highest BCUT2D eigenvalue weighted by atomic mass is 16.7. The van der Waals surface area contributed by atoms with Crippen LogP contribution >= 0.6 is 0 Å². The van der Waals surface area contributed by atoms with E-state index >= 15 is 0 Å². The van der Waals surface area contributed by atoms with Crippen molar-refractivity contribution < 1.29 is 13.8 Å². The molecule has 1 aliphatic heterocycles. The van der Waals surface area contributed by atoms with Gasteiger partial charge in [0.1, 0.15) is 5.76 Å². The van der Waals surface area contributed by atoms with Crippen LogP contribution in [0.4, 0.5) is 0 Å². The Kier molecular flexibility index (Phi) is 3.52. The molecule has 4 rings (SSSR count). The molecule has 0 aliphatic carbocycles. The minimum atomic E-state index is -0.589. The zero-order valence-electron chi connectivity index (χ0n) is 15.8. The SMILES string of the molecule is Cc1noc(C)c1-c1cc(B2OC(C)(C)C(C)(C)O2)c2[nH]c(=O)[nH]c2c1. The number of H-pyrrole nitrogens is 2. The van der Waals surface area contributed by atoms with Crippen LogP contribution in [0.15, 0.2) is 21.5 Å². The van der Waals surface area contributed by atoms with Gasteiger partial charge in [-0.3, -0.25) is 0 Å². The number of nitrogens with one attached hydrogen (secondary N) is 2. The van der Waals surface area contributed by atoms with Crippen molar-refractivity contribution in [2.45, 2.75) is 52.7 Å². The fraction of sp³-hybridized carbons (Fsp3) is 0.444. The summed E-state index contributed by atoms with van der Waals surface area (Å²) in [5, 5.41) is 4.03. The number of aryl methyl sites for hydroxylation is 2. The third kappa shape index (κ3) is 2.44. The maximum Gasteiger partial charge on any atom is 0.497 e. The second kappa shape index (κ2) is 5.34. The predicted molar refractivity (Wildman–Crippen MR) is 99.6 cm³/mol. The number of nitrogens with zero attached hydrogens (tertiary/aromatic N) is 1. The lowest BCUT2D eigenvalue weighted by molar-refractivity contribution is 0.00578. The molecule has 1 aromatic carbocycles. The second-order valence-electron chi connectivity index (χ2n) is 7.85. The van der Waals surface area contributed by atoms with Crippen molar-refractivity contribution in [1.82, 2.24) is 15.1 Å². The molecule has 7 nitrogen and oxygen atoms in total. The van der Waals surface area contributed by atoms with E-state index in [0.29, 0.717) is 11.0 Å². The number of imidazole rings is 1. The molecule has 8 heteroatoms. The van der Waals surface area contributed by atoms with Gasteiger partial charge in [0, 0.05) is 11.0 Å². The maximum absolute atomic E-state index is 11.9. The summed E-state index contributed by atoms with van der Waals surface area (Å²) in [6.07, 6.45) is 0. The molecule has 1 aliphatic rings. The lowest BCUT2D eigenvalue weighted by atomic mass is 9.76. The summed E-state index contributed by atoms with van der Waals surface area (Å²) in [5.41, 5.74) is 3.53. The van der Waals surface area contributed by atoms with Crippen molar-refractivity contribution in [1.29, 1.82) is 0 Å². The van der Waals surface area contributed by atoms with Crippen molar-refractivity contribution in [3.8, 4) is 11.1 Å². The third-order valence-electron chi connectivity index (χ3n) is 5.48. The fourth-order valence-electron chi connectivity index (χ4n) is 3.37. The maximum atomic E-state index is 11.9. The van der Waals surface area contributed by atoms with E-state index in [2.05, 4.69) is 15.1 Å². The summed E-state index contributed by atoms with van der Waals surface area (Å²) < 4.78 is 17.7. The molecule has 0 spiro atoms. The Morgan fingerprint density at radius 2 is 1.69 bits per heavy atom. The molecule has 3 heterocycles. The molecule has 3 aromatic rings. The standard InChI is InChI=1S/C18H22BN3O4/c1-9-14(10(2)24-22-9)11-7-12(15-13(8-11)20-16(23)21-15)19-25-17(3,4)18(5,6)26-19/h7-8H,1-6H3,(H2,20,21,23). The normalized spacial score (nSPS) is 18.8. The number of benzene rings is 1. The second-order valence-corrected chi connectivity index (χ2v) is 7.85. The first kappa shape index (κ1) is 17.1. The largest absolute Gasteiger partial charge is 0.497 e. The van der Waals surface area contributed by atoms with Gasteiger partial charge in [-0.05, 0) is 53.2 Å².